The Morgan fingerprint density at radius 3 is 2.17 bits per heavy atom. The maximum absolute atomic E-state index is 13.7. The van der Waals surface area contributed by atoms with E-state index in [9.17, 15) is 14.4 Å². The van der Waals surface area contributed by atoms with E-state index in [2.05, 4.69) is 39.0 Å². The van der Waals surface area contributed by atoms with Gasteiger partial charge in [-0.15, -0.1) is 0 Å². The number of likely N-dealkylation sites (tertiary alicyclic amines) is 1. The lowest BCUT2D eigenvalue weighted by Crippen LogP contribution is -2.56. The number of amides is 3. The van der Waals surface area contributed by atoms with E-state index in [4.69, 9.17) is 11.6 Å². The molecular weight excluding hydrogens is 460 g/mol. The van der Waals surface area contributed by atoms with Crippen LogP contribution in [0.1, 0.15) is 70.4 Å². The first-order valence-corrected chi connectivity index (χ1v) is 13.1. The van der Waals surface area contributed by atoms with Gasteiger partial charge in [-0.3, -0.25) is 19.3 Å². The van der Waals surface area contributed by atoms with Gasteiger partial charge in [0.25, 0.3) is 0 Å². The van der Waals surface area contributed by atoms with Gasteiger partial charge in [-0.05, 0) is 62.4 Å². The van der Waals surface area contributed by atoms with Crippen LogP contribution in [-0.2, 0) is 19.8 Å². The fraction of sp³-hybridized carbons (Fsp3) is 0.483. The number of para-hydroxylation sites is 1. The van der Waals surface area contributed by atoms with Crippen LogP contribution in [-0.4, -0.2) is 34.7 Å². The van der Waals surface area contributed by atoms with Gasteiger partial charge in [0.15, 0.2) is 0 Å². The highest BCUT2D eigenvalue weighted by Gasteiger charge is 2.50. The lowest BCUT2D eigenvalue weighted by molar-refractivity contribution is -0.140. The number of carbonyl (C=O) groups is 3. The Hall–Kier alpha value is -2.66. The van der Waals surface area contributed by atoms with Gasteiger partial charge in [-0.2, -0.15) is 0 Å². The molecule has 5 nitrogen and oxygen atoms in total. The van der Waals surface area contributed by atoms with Gasteiger partial charge < -0.3 is 4.90 Å². The molecule has 1 saturated heterocycles. The summed E-state index contributed by atoms with van der Waals surface area (Å²) in [5.41, 5.74) is 2.38. The Labute approximate surface area is 212 Å². The normalized spacial score (nSPS) is 27.5. The van der Waals surface area contributed by atoms with Crippen molar-refractivity contribution < 1.29 is 14.4 Å². The Morgan fingerprint density at radius 2 is 1.54 bits per heavy atom. The highest BCUT2D eigenvalue weighted by molar-refractivity contribution is 6.30. The standard InChI is InChI=1S/C29H33ClN2O3/c1-28(2)18-29(3,19-12-14-20(30)15-13-19)23-10-6-7-11-24(23)32(28)25(33)16-17-31-26(34)21-8-4-5-9-22(21)27(31)35/h6-7,10-15,21-22H,4-5,8-9,16-18H2,1-3H3/t21-,22+,29-/m1/s1. The Morgan fingerprint density at radius 1 is 0.943 bits per heavy atom. The van der Waals surface area contributed by atoms with Crippen molar-refractivity contribution in [3.05, 3.63) is 64.7 Å². The molecule has 3 atom stereocenters. The maximum atomic E-state index is 13.7. The molecule has 2 heterocycles. The van der Waals surface area contributed by atoms with Crippen molar-refractivity contribution >= 4 is 35.0 Å². The smallest absolute Gasteiger partial charge is 0.233 e. The van der Waals surface area contributed by atoms with Gasteiger partial charge in [-0.25, -0.2) is 0 Å². The SMILES string of the molecule is CC1(C)C[C@](C)(c2ccc(Cl)cc2)c2ccccc2N1C(=O)CCN1C(=O)[C@H]2CCCC[C@H]2C1=O. The van der Waals surface area contributed by atoms with Crippen molar-refractivity contribution in [1.29, 1.82) is 0 Å². The number of rotatable bonds is 4. The highest BCUT2D eigenvalue weighted by atomic mass is 35.5. The molecule has 6 heteroatoms. The zero-order chi connectivity index (χ0) is 25.0. The van der Waals surface area contributed by atoms with Gasteiger partial charge >= 0.3 is 0 Å². The highest BCUT2D eigenvalue weighted by Crippen LogP contribution is 2.50. The van der Waals surface area contributed by atoms with Crippen LogP contribution in [0.5, 0.6) is 0 Å². The molecule has 0 spiro atoms. The van der Waals surface area contributed by atoms with E-state index < -0.39 is 5.54 Å². The fourth-order valence-corrected chi connectivity index (χ4v) is 6.94. The first kappa shape index (κ1) is 24.1. The molecule has 0 aromatic heterocycles. The average Bonchev–Trinajstić information content (AvgIpc) is 3.07. The monoisotopic (exact) mass is 492 g/mol. The lowest BCUT2D eigenvalue weighted by Gasteiger charge is -2.51. The summed E-state index contributed by atoms with van der Waals surface area (Å²) in [4.78, 5) is 42.8. The van der Waals surface area contributed by atoms with Gasteiger partial charge in [-0.1, -0.05) is 61.7 Å². The summed E-state index contributed by atoms with van der Waals surface area (Å²) < 4.78 is 0. The van der Waals surface area contributed by atoms with E-state index in [0.29, 0.717) is 5.02 Å². The molecule has 1 aliphatic carbocycles. The zero-order valence-electron chi connectivity index (χ0n) is 20.7. The van der Waals surface area contributed by atoms with E-state index in [1.165, 1.54) is 4.90 Å². The number of halogens is 1. The van der Waals surface area contributed by atoms with Crippen LogP contribution in [0.2, 0.25) is 5.02 Å². The van der Waals surface area contributed by atoms with Crippen LogP contribution in [0.25, 0.3) is 0 Å². The third kappa shape index (κ3) is 3.98. The molecule has 0 bridgehead atoms. The quantitative estimate of drug-likeness (QED) is 0.512. The van der Waals surface area contributed by atoms with Crippen molar-refractivity contribution in [3.8, 4) is 0 Å². The number of fused-ring (bicyclic) bond motifs is 2. The van der Waals surface area contributed by atoms with Gasteiger partial charge in [0.1, 0.15) is 0 Å². The molecule has 184 valence electrons. The molecule has 0 unspecified atom stereocenters. The summed E-state index contributed by atoms with van der Waals surface area (Å²) in [6.45, 7) is 6.57. The largest absolute Gasteiger partial charge is 0.306 e. The van der Waals surface area contributed by atoms with Crippen molar-refractivity contribution in [1.82, 2.24) is 4.90 Å². The molecule has 0 N–H and O–H groups in total. The summed E-state index contributed by atoms with van der Waals surface area (Å²) >= 11 is 6.16. The molecule has 2 aromatic carbocycles. The number of imide groups is 1. The van der Waals surface area contributed by atoms with E-state index in [-0.39, 0.29) is 47.9 Å². The third-order valence-corrected chi connectivity index (χ3v) is 8.60. The third-order valence-electron chi connectivity index (χ3n) is 8.34. The summed E-state index contributed by atoms with van der Waals surface area (Å²) in [6.07, 6.45) is 4.43. The number of hydrogen-bond acceptors (Lipinski definition) is 3. The first-order chi connectivity index (χ1) is 16.6. The number of nitrogens with zero attached hydrogens (tertiary/aromatic N) is 2. The molecule has 5 rings (SSSR count). The maximum Gasteiger partial charge on any atom is 0.233 e. The van der Waals surface area contributed by atoms with Gasteiger partial charge in [0.05, 0.1) is 11.8 Å². The minimum absolute atomic E-state index is 0.0592. The van der Waals surface area contributed by atoms with Gasteiger partial charge in [0.2, 0.25) is 17.7 Å². The molecular formula is C29H33ClN2O3. The molecule has 2 aliphatic heterocycles. The van der Waals surface area contributed by atoms with Crippen molar-refractivity contribution in [2.45, 2.75) is 70.3 Å². The first-order valence-electron chi connectivity index (χ1n) is 12.7. The van der Waals surface area contributed by atoms with E-state index in [0.717, 1.165) is 48.9 Å². The van der Waals surface area contributed by atoms with Crippen molar-refractivity contribution in [2.24, 2.45) is 11.8 Å². The number of carbonyl (C=O) groups excluding carboxylic acids is 3. The second-order valence-corrected chi connectivity index (χ2v) is 11.6. The van der Waals surface area contributed by atoms with E-state index in [1.807, 2.05) is 35.2 Å². The van der Waals surface area contributed by atoms with Crippen LogP contribution in [0.3, 0.4) is 0 Å². The van der Waals surface area contributed by atoms with Crippen LogP contribution in [0.15, 0.2) is 48.5 Å². The summed E-state index contributed by atoms with van der Waals surface area (Å²) in [7, 11) is 0. The topological polar surface area (TPSA) is 57.7 Å². The molecule has 35 heavy (non-hydrogen) atoms. The molecule has 2 aromatic rings. The number of hydrogen-bond donors (Lipinski definition) is 0. The van der Waals surface area contributed by atoms with Crippen molar-refractivity contribution in [3.63, 3.8) is 0 Å². The van der Waals surface area contributed by atoms with E-state index >= 15 is 0 Å². The van der Waals surface area contributed by atoms with Crippen LogP contribution in [0, 0.1) is 11.8 Å². The number of anilines is 1. The molecule has 1 saturated carbocycles. The number of benzene rings is 2. The van der Waals surface area contributed by atoms with Crippen LogP contribution < -0.4 is 4.90 Å². The molecule has 2 fully saturated rings. The minimum Gasteiger partial charge on any atom is -0.306 e. The van der Waals surface area contributed by atoms with Crippen molar-refractivity contribution in [2.75, 3.05) is 11.4 Å². The lowest BCUT2D eigenvalue weighted by atomic mass is 9.65. The predicted octanol–water partition coefficient (Wildman–Crippen LogP) is 5.73. The zero-order valence-corrected chi connectivity index (χ0v) is 21.5. The average molecular weight is 493 g/mol. The molecule has 3 aliphatic rings. The summed E-state index contributed by atoms with van der Waals surface area (Å²) in [6, 6.07) is 16.0. The Balaban J connectivity index is 1.42. The summed E-state index contributed by atoms with van der Waals surface area (Å²) in [5.74, 6) is -0.588. The fourth-order valence-electron chi connectivity index (χ4n) is 6.82. The second kappa shape index (κ2) is 8.77. The van der Waals surface area contributed by atoms with Crippen LogP contribution in [0.4, 0.5) is 5.69 Å². The minimum atomic E-state index is -0.465. The molecule has 0 radical (unpaired) electrons. The predicted molar refractivity (Wildman–Crippen MR) is 137 cm³/mol. The second-order valence-electron chi connectivity index (χ2n) is 11.2. The van der Waals surface area contributed by atoms with E-state index in [1.54, 1.807) is 0 Å². The Kier molecular flexibility index (Phi) is 6.03. The summed E-state index contributed by atoms with van der Waals surface area (Å²) in [5, 5.41) is 0.698. The molecule has 3 amide bonds. The van der Waals surface area contributed by atoms with Crippen LogP contribution >= 0.6 is 11.6 Å². The van der Waals surface area contributed by atoms with Gasteiger partial charge in [0, 0.05) is 34.6 Å². The Bertz CT molecular complexity index is 1150.